The van der Waals surface area contributed by atoms with Crippen molar-refractivity contribution < 1.29 is 22.3 Å². The Morgan fingerprint density at radius 1 is 1.03 bits per heavy atom. The Labute approximate surface area is 203 Å². The summed E-state index contributed by atoms with van der Waals surface area (Å²) in [6.45, 7) is 8.36. The van der Waals surface area contributed by atoms with Crippen LogP contribution < -0.4 is 15.0 Å². The van der Waals surface area contributed by atoms with Crippen LogP contribution in [0.3, 0.4) is 0 Å². The van der Waals surface area contributed by atoms with Gasteiger partial charge in [-0.3, -0.25) is 0 Å². The summed E-state index contributed by atoms with van der Waals surface area (Å²) in [5.41, 5.74) is 0.0664. The highest BCUT2D eigenvalue weighted by Crippen LogP contribution is 2.32. The third kappa shape index (κ3) is 8.45. The van der Waals surface area contributed by atoms with Gasteiger partial charge in [0, 0.05) is 25.8 Å². The van der Waals surface area contributed by atoms with Crippen molar-refractivity contribution in [1.29, 1.82) is 0 Å². The molecule has 10 heteroatoms. The molecule has 2 aromatic carbocycles. The first-order valence-corrected chi connectivity index (χ1v) is 11.5. The second-order valence-electron chi connectivity index (χ2n) is 7.96. The SMILES string of the molecule is CCCCN(CCC)c1ccc(OC)cc1.Cc1nc(Nc2cc(C(F)(F)F)ccc2F)n(C)n1. The van der Waals surface area contributed by atoms with Gasteiger partial charge in [0.15, 0.2) is 0 Å². The van der Waals surface area contributed by atoms with Crippen LogP contribution in [-0.4, -0.2) is 35.0 Å². The minimum Gasteiger partial charge on any atom is -0.497 e. The molecule has 0 spiro atoms. The molecule has 0 radical (unpaired) electrons. The van der Waals surface area contributed by atoms with Crippen molar-refractivity contribution in [3.8, 4) is 5.75 Å². The summed E-state index contributed by atoms with van der Waals surface area (Å²) in [5, 5.41) is 6.39. The van der Waals surface area contributed by atoms with E-state index >= 15 is 0 Å². The smallest absolute Gasteiger partial charge is 0.416 e. The van der Waals surface area contributed by atoms with Crippen LogP contribution in [0.25, 0.3) is 0 Å². The number of hydrogen-bond acceptors (Lipinski definition) is 5. The second kappa shape index (κ2) is 13.0. The summed E-state index contributed by atoms with van der Waals surface area (Å²) >= 11 is 0. The van der Waals surface area contributed by atoms with Gasteiger partial charge in [0.1, 0.15) is 17.4 Å². The maximum absolute atomic E-state index is 13.5. The molecule has 0 aliphatic heterocycles. The highest BCUT2D eigenvalue weighted by Gasteiger charge is 2.31. The number of ether oxygens (including phenoxy) is 1. The first-order valence-electron chi connectivity index (χ1n) is 11.5. The number of methoxy groups -OCH3 is 1. The van der Waals surface area contributed by atoms with Crippen molar-refractivity contribution in [2.75, 3.05) is 30.4 Å². The van der Waals surface area contributed by atoms with Crippen LogP contribution in [0.5, 0.6) is 5.75 Å². The Morgan fingerprint density at radius 3 is 2.23 bits per heavy atom. The van der Waals surface area contributed by atoms with Crippen LogP contribution in [0.1, 0.15) is 44.5 Å². The maximum Gasteiger partial charge on any atom is 0.416 e. The Morgan fingerprint density at radius 2 is 1.71 bits per heavy atom. The quantitative estimate of drug-likeness (QED) is 0.333. The number of nitrogens with one attached hydrogen (secondary N) is 1. The van der Waals surface area contributed by atoms with Gasteiger partial charge in [-0.1, -0.05) is 20.3 Å². The summed E-state index contributed by atoms with van der Waals surface area (Å²) in [5.74, 6) is 0.720. The maximum atomic E-state index is 13.5. The minimum absolute atomic E-state index is 0.163. The second-order valence-corrected chi connectivity index (χ2v) is 7.96. The van der Waals surface area contributed by atoms with E-state index in [-0.39, 0.29) is 11.6 Å². The van der Waals surface area contributed by atoms with E-state index in [1.165, 1.54) is 29.6 Å². The van der Waals surface area contributed by atoms with Crippen molar-refractivity contribution in [3.63, 3.8) is 0 Å². The Kier molecular flexibility index (Phi) is 10.4. The first kappa shape index (κ1) is 27.9. The van der Waals surface area contributed by atoms with Crippen molar-refractivity contribution in [3.05, 3.63) is 59.7 Å². The van der Waals surface area contributed by atoms with Crippen LogP contribution in [-0.2, 0) is 13.2 Å². The number of hydrogen-bond donors (Lipinski definition) is 1. The van der Waals surface area contributed by atoms with Gasteiger partial charge in [0.2, 0.25) is 5.95 Å². The molecule has 0 saturated heterocycles. The molecular weight excluding hydrogens is 462 g/mol. The zero-order chi connectivity index (χ0) is 26.0. The number of nitrogens with zero attached hydrogens (tertiary/aromatic N) is 4. The van der Waals surface area contributed by atoms with Gasteiger partial charge in [0.25, 0.3) is 0 Å². The lowest BCUT2D eigenvalue weighted by Crippen LogP contribution is -2.25. The van der Waals surface area contributed by atoms with Crippen molar-refractivity contribution in [1.82, 2.24) is 14.8 Å². The van der Waals surface area contributed by atoms with Crippen LogP contribution in [0.15, 0.2) is 42.5 Å². The molecule has 3 rings (SSSR count). The fraction of sp³-hybridized carbons (Fsp3) is 0.440. The molecule has 0 aliphatic carbocycles. The number of unbranched alkanes of at least 4 members (excludes halogenated alkanes) is 1. The fourth-order valence-corrected chi connectivity index (χ4v) is 3.32. The van der Waals surface area contributed by atoms with Gasteiger partial charge in [-0.25, -0.2) is 9.07 Å². The first-order chi connectivity index (χ1) is 16.6. The topological polar surface area (TPSA) is 55.2 Å². The number of halogens is 4. The molecular formula is C25H33F4N5O. The standard InChI is InChI=1S/C14H23NO.C11H10F4N4/c1-4-6-12-15(11-5-2)13-7-9-14(16-3)10-8-13;1-6-16-10(19(2)18-6)17-9-5-7(11(13,14)15)3-4-8(9)12/h7-10H,4-6,11-12H2,1-3H3;3-5H,1-2H3,(H,16,17,18). The molecule has 0 fully saturated rings. The van der Waals surface area contributed by atoms with Crippen LogP contribution in [0.2, 0.25) is 0 Å². The largest absolute Gasteiger partial charge is 0.497 e. The van der Waals surface area contributed by atoms with E-state index in [0.717, 1.165) is 24.9 Å². The van der Waals surface area contributed by atoms with Gasteiger partial charge in [0.05, 0.1) is 18.4 Å². The molecule has 3 aromatic rings. The zero-order valence-corrected chi connectivity index (χ0v) is 20.8. The molecule has 1 N–H and O–H groups in total. The Hall–Kier alpha value is -3.30. The number of anilines is 3. The summed E-state index contributed by atoms with van der Waals surface area (Å²) in [6, 6.07) is 10.5. The third-order valence-electron chi connectivity index (χ3n) is 5.12. The molecule has 0 bridgehead atoms. The number of aromatic nitrogens is 3. The average molecular weight is 496 g/mol. The van der Waals surface area contributed by atoms with Crippen molar-refractivity contribution in [2.45, 2.75) is 46.2 Å². The molecule has 35 heavy (non-hydrogen) atoms. The highest BCUT2D eigenvalue weighted by atomic mass is 19.4. The molecule has 6 nitrogen and oxygen atoms in total. The van der Waals surface area contributed by atoms with Crippen molar-refractivity contribution >= 4 is 17.3 Å². The average Bonchev–Trinajstić information content (AvgIpc) is 3.14. The van der Waals surface area contributed by atoms with E-state index in [0.29, 0.717) is 18.0 Å². The fourth-order valence-electron chi connectivity index (χ4n) is 3.32. The molecule has 0 saturated carbocycles. The molecule has 0 amide bonds. The summed E-state index contributed by atoms with van der Waals surface area (Å²) in [7, 11) is 3.25. The monoisotopic (exact) mass is 495 g/mol. The molecule has 1 aromatic heterocycles. The Balaban J connectivity index is 0.000000251. The van der Waals surface area contributed by atoms with Gasteiger partial charge in [-0.05, 0) is 62.2 Å². The zero-order valence-electron chi connectivity index (χ0n) is 20.8. The normalized spacial score (nSPS) is 11.0. The van der Waals surface area contributed by atoms with E-state index < -0.39 is 17.6 Å². The number of benzene rings is 2. The highest BCUT2D eigenvalue weighted by molar-refractivity contribution is 5.56. The van der Waals surface area contributed by atoms with Crippen molar-refractivity contribution in [2.24, 2.45) is 7.05 Å². The lowest BCUT2D eigenvalue weighted by atomic mass is 10.2. The molecule has 0 unspecified atom stereocenters. The van der Waals surface area contributed by atoms with E-state index in [1.54, 1.807) is 21.1 Å². The van der Waals surface area contributed by atoms with Gasteiger partial charge in [-0.2, -0.15) is 23.3 Å². The van der Waals surface area contributed by atoms with Crippen LogP contribution >= 0.6 is 0 Å². The summed E-state index contributed by atoms with van der Waals surface area (Å²) < 4.78 is 57.6. The lowest BCUT2D eigenvalue weighted by molar-refractivity contribution is -0.137. The third-order valence-corrected chi connectivity index (χ3v) is 5.12. The predicted molar refractivity (Wildman–Crippen MR) is 131 cm³/mol. The number of rotatable bonds is 9. The van der Waals surface area contributed by atoms with Crippen LogP contribution in [0, 0.1) is 12.7 Å². The lowest BCUT2D eigenvalue weighted by Gasteiger charge is -2.24. The van der Waals surface area contributed by atoms with E-state index in [9.17, 15) is 17.6 Å². The van der Waals surface area contributed by atoms with Gasteiger partial charge < -0.3 is 15.0 Å². The summed E-state index contributed by atoms with van der Waals surface area (Å²) in [4.78, 5) is 6.38. The molecule has 1 heterocycles. The molecule has 192 valence electrons. The molecule has 0 atom stereocenters. The van der Waals surface area contributed by atoms with Gasteiger partial charge >= 0.3 is 6.18 Å². The van der Waals surface area contributed by atoms with E-state index in [1.807, 2.05) is 12.1 Å². The van der Waals surface area contributed by atoms with Gasteiger partial charge in [-0.15, -0.1) is 0 Å². The number of aryl methyl sites for hydroxylation is 2. The van der Waals surface area contributed by atoms with E-state index in [4.69, 9.17) is 4.74 Å². The summed E-state index contributed by atoms with van der Waals surface area (Å²) in [6.07, 6.45) is -0.835. The Bertz CT molecular complexity index is 1050. The molecule has 0 aliphatic rings. The van der Waals surface area contributed by atoms with Crippen LogP contribution in [0.4, 0.5) is 34.9 Å². The number of alkyl halides is 3. The predicted octanol–water partition coefficient (Wildman–Crippen LogP) is 6.74. The van der Waals surface area contributed by atoms with E-state index in [2.05, 4.69) is 46.3 Å². The minimum atomic E-state index is -4.53.